The molecule has 0 aliphatic heterocycles. The van der Waals surface area contributed by atoms with Gasteiger partial charge in [0.15, 0.2) is 0 Å². The maximum atomic E-state index is 12.0. The van der Waals surface area contributed by atoms with Gasteiger partial charge >= 0.3 is 0 Å². The van der Waals surface area contributed by atoms with E-state index in [-0.39, 0.29) is 16.3 Å². The van der Waals surface area contributed by atoms with Crippen molar-refractivity contribution >= 4 is 29.4 Å². The van der Waals surface area contributed by atoms with Crippen LogP contribution >= 0.6 is 11.6 Å². The Morgan fingerprint density at radius 3 is 2.88 bits per heavy atom. The van der Waals surface area contributed by atoms with E-state index in [4.69, 9.17) is 11.6 Å². The lowest BCUT2D eigenvalue weighted by Crippen LogP contribution is -2.30. The second kappa shape index (κ2) is 7.51. The van der Waals surface area contributed by atoms with E-state index in [1.165, 1.54) is 35.0 Å². The van der Waals surface area contributed by atoms with Crippen LogP contribution in [0.2, 0.25) is 5.02 Å². The Morgan fingerprint density at radius 2 is 2.21 bits per heavy atom. The molecule has 0 saturated heterocycles. The molecule has 1 aromatic heterocycles. The summed E-state index contributed by atoms with van der Waals surface area (Å²) in [5.41, 5.74) is 1.87. The Hall–Kier alpha value is -3.00. The number of carbonyl (C=O) groups is 1. The van der Waals surface area contributed by atoms with Crippen molar-refractivity contribution in [1.82, 2.24) is 9.99 Å². The van der Waals surface area contributed by atoms with Gasteiger partial charge < -0.3 is 4.57 Å². The fourth-order valence-corrected chi connectivity index (χ4v) is 2.12. The van der Waals surface area contributed by atoms with E-state index in [9.17, 15) is 19.7 Å². The molecule has 124 valence electrons. The van der Waals surface area contributed by atoms with E-state index in [2.05, 4.69) is 10.5 Å². The van der Waals surface area contributed by atoms with Crippen LogP contribution in [0.25, 0.3) is 0 Å². The number of aromatic nitrogens is 1. The number of hydrogen-bond acceptors (Lipinski definition) is 5. The van der Waals surface area contributed by atoms with Crippen LogP contribution in [0.3, 0.4) is 0 Å². The molecule has 1 N–H and O–H groups in total. The molecule has 0 saturated carbocycles. The van der Waals surface area contributed by atoms with Crippen LogP contribution in [0.4, 0.5) is 5.69 Å². The van der Waals surface area contributed by atoms with Gasteiger partial charge in [-0.3, -0.25) is 19.7 Å². The van der Waals surface area contributed by atoms with Gasteiger partial charge in [-0.25, -0.2) is 5.43 Å². The third kappa shape index (κ3) is 3.85. The molecule has 2 rings (SSSR count). The molecule has 1 aromatic carbocycles. The molecule has 1 heterocycles. The number of amides is 1. The van der Waals surface area contributed by atoms with Crippen LogP contribution in [0.15, 0.2) is 46.4 Å². The van der Waals surface area contributed by atoms with E-state index in [0.29, 0.717) is 12.1 Å². The number of nitro groups is 1. The lowest BCUT2D eigenvalue weighted by atomic mass is 10.2. The first kappa shape index (κ1) is 17.4. The maximum Gasteiger partial charge on any atom is 0.288 e. The van der Waals surface area contributed by atoms with Crippen molar-refractivity contribution in [3.8, 4) is 0 Å². The van der Waals surface area contributed by atoms with E-state index >= 15 is 0 Å². The number of pyridine rings is 1. The van der Waals surface area contributed by atoms with Gasteiger partial charge in [0.2, 0.25) is 0 Å². The Bertz CT molecular complexity index is 876. The molecule has 1 amide bonds. The van der Waals surface area contributed by atoms with Crippen molar-refractivity contribution in [3.63, 3.8) is 0 Å². The molecular weight excluding hydrogens is 336 g/mol. The topological polar surface area (TPSA) is 107 Å². The fraction of sp³-hybridized carbons (Fsp3) is 0.133. The zero-order valence-electron chi connectivity index (χ0n) is 12.6. The number of rotatable bonds is 5. The molecule has 24 heavy (non-hydrogen) atoms. The van der Waals surface area contributed by atoms with Crippen molar-refractivity contribution < 1.29 is 9.72 Å². The Morgan fingerprint density at radius 1 is 1.46 bits per heavy atom. The van der Waals surface area contributed by atoms with E-state index < -0.39 is 16.4 Å². The maximum absolute atomic E-state index is 12.0. The molecule has 0 unspecified atom stereocenters. The molecule has 2 aromatic rings. The summed E-state index contributed by atoms with van der Waals surface area (Å²) in [6, 6.07) is 7.08. The Labute approximate surface area is 141 Å². The highest BCUT2D eigenvalue weighted by atomic mass is 35.5. The van der Waals surface area contributed by atoms with Gasteiger partial charge in [0.1, 0.15) is 10.6 Å². The largest absolute Gasteiger partial charge is 0.315 e. The Balaban J connectivity index is 2.15. The molecule has 9 heteroatoms. The number of benzene rings is 1. The number of nitro benzene ring substituents is 1. The highest BCUT2D eigenvalue weighted by molar-refractivity contribution is 6.32. The number of hydrogen-bond donors (Lipinski definition) is 1. The second-order valence-electron chi connectivity index (χ2n) is 4.68. The SMILES string of the molecule is CCn1cccc(C(=O)N/N=C\c2ccc(Cl)c([N+](=O)[O-])c2)c1=O. The summed E-state index contributed by atoms with van der Waals surface area (Å²) in [5, 5.41) is 14.5. The van der Waals surface area contributed by atoms with Crippen LogP contribution in [0.1, 0.15) is 22.8 Å². The quantitative estimate of drug-likeness (QED) is 0.507. The minimum Gasteiger partial charge on any atom is -0.315 e. The third-order valence-corrected chi connectivity index (χ3v) is 3.47. The normalized spacial score (nSPS) is 10.8. The summed E-state index contributed by atoms with van der Waals surface area (Å²) in [6.45, 7) is 2.23. The van der Waals surface area contributed by atoms with Crippen LogP contribution in [-0.4, -0.2) is 21.6 Å². The molecular formula is C15H13ClN4O4. The van der Waals surface area contributed by atoms with Gasteiger partial charge in [0.05, 0.1) is 11.1 Å². The van der Waals surface area contributed by atoms with Gasteiger partial charge in [0, 0.05) is 24.4 Å². The Kier molecular flexibility index (Phi) is 5.43. The third-order valence-electron chi connectivity index (χ3n) is 3.15. The van der Waals surface area contributed by atoms with Crippen LogP contribution in [0.5, 0.6) is 0 Å². The first-order valence-electron chi connectivity index (χ1n) is 6.90. The monoisotopic (exact) mass is 348 g/mol. The van der Waals surface area contributed by atoms with Crippen molar-refractivity contribution in [2.45, 2.75) is 13.5 Å². The molecule has 0 fully saturated rings. The molecule has 0 bridgehead atoms. The molecule has 0 aliphatic rings. The van der Waals surface area contributed by atoms with Gasteiger partial charge in [-0.1, -0.05) is 17.7 Å². The van der Waals surface area contributed by atoms with Crippen molar-refractivity contribution in [1.29, 1.82) is 0 Å². The average molecular weight is 349 g/mol. The van der Waals surface area contributed by atoms with Crippen LogP contribution in [0, 0.1) is 10.1 Å². The number of hydrazone groups is 1. The van der Waals surface area contributed by atoms with Crippen molar-refractivity contribution in [2.75, 3.05) is 0 Å². The summed E-state index contributed by atoms with van der Waals surface area (Å²) >= 11 is 5.71. The minimum atomic E-state index is -0.664. The highest BCUT2D eigenvalue weighted by Gasteiger charge is 2.13. The van der Waals surface area contributed by atoms with Gasteiger partial charge in [0.25, 0.3) is 17.2 Å². The van der Waals surface area contributed by atoms with Gasteiger partial charge in [-0.2, -0.15) is 5.10 Å². The van der Waals surface area contributed by atoms with Crippen molar-refractivity contribution in [3.05, 3.63) is 73.1 Å². The first-order valence-corrected chi connectivity index (χ1v) is 7.28. The van der Waals surface area contributed by atoms with Gasteiger partial charge in [-0.05, 0) is 25.1 Å². The zero-order chi connectivity index (χ0) is 17.7. The average Bonchev–Trinajstić information content (AvgIpc) is 2.56. The zero-order valence-corrected chi connectivity index (χ0v) is 13.4. The predicted molar refractivity (Wildman–Crippen MR) is 89.5 cm³/mol. The first-order chi connectivity index (χ1) is 11.4. The number of nitrogens with one attached hydrogen (secondary N) is 1. The predicted octanol–water partition coefficient (Wildman–Crippen LogP) is 2.19. The van der Waals surface area contributed by atoms with Crippen LogP contribution in [-0.2, 0) is 6.54 Å². The summed E-state index contributed by atoms with van der Waals surface area (Å²) in [5.74, 6) is -0.664. The number of aryl methyl sites for hydroxylation is 1. The van der Waals surface area contributed by atoms with Crippen molar-refractivity contribution in [2.24, 2.45) is 5.10 Å². The summed E-state index contributed by atoms with van der Waals surface area (Å²) in [4.78, 5) is 34.2. The number of carbonyl (C=O) groups excluding carboxylic acids is 1. The molecule has 8 nitrogen and oxygen atoms in total. The molecule has 0 aliphatic carbocycles. The van der Waals surface area contributed by atoms with Crippen LogP contribution < -0.4 is 11.0 Å². The molecule has 0 radical (unpaired) electrons. The minimum absolute atomic E-state index is 0.00517. The van der Waals surface area contributed by atoms with E-state index in [1.54, 1.807) is 19.2 Å². The number of halogens is 1. The summed E-state index contributed by atoms with van der Waals surface area (Å²) in [7, 11) is 0. The second-order valence-corrected chi connectivity index (χ2v) is 5.09. The van der Waals surface area contributed by atoms with E-state index in [0.717, 1.165) is 0 Å². The summed E-state index contributed by atoms with van der Waals surface area (Å²) < 4.78 is 1.39. The summed E-state index contributed by atoms with van der Waals surface area (Å²) in [6.07, 6.45) is 2.80. The molecule has 0 atom stereocenters. The lowest BCUT2D eigenvalue weighted by molar-refractivity contribution is -0.384. The van der Waals surface area contributed by atoms with E-state index in [1.807, 2.05) is 0 Å². The fourth-order valence-electron chi connectivity index (χ4n) is 1.93. The lowest BCUT2D eigenvalue weighted by Gasteiger charge is -2.04. The standard InChI is InChI=1S/C15H13ClN4O4/c1-2-19-7-3-4-11(15(19)22)14(21)18-17-9-10-5-6-12(16)13(8-10)20(23)24/h3-9H,2H2,1H3,(H,18,21)/b17-9-. The highest BCUT2D eigenvalue weighted by Crippen LogP contribution is 2.24. The number of nitrogens with zero attached hydrogens (tertiary/aromatic N) is 3. The smallest absolute Gasteiger partial charge is 0.288 e. The van der Waals surface area contributed by atoms with Gasteiger partial charge in [-0.15, -0.1) is 0 Å². The molecule has 0 spiro atoms.